The summed E-state index contributed by atoms with van der Waals surface area (Å²) in [6.45, 7) is 6.65. The predicted molar refractivity (Wildman–Crippen MR) is 60.8 cm³/mol. The van der Waals surface area contributed by atoms with E-state index < -0.39 is 0 Å². The summed E-state index contributed by atoms with van der Waals surface area (Å²) in [5, 5.41) is 8.81. The number of hydrogen-bond acceptors (Lipinski definition) is 2. The minimum absolute atomic E-state index is 0.0620. The third-order valence-corrected chi connectivity index (χ3v) is 2.85. The van der Waals surface area contributed by atoms with Gasteiger partial charge in [0, 0.05) is 17.6 Å². The lowest BCUT2D eigenvalue weighted by molar-refractivity contribution is 0.0609. The summed E-state index contributed by atoms with van der Waals surface area (Å²) in [5.41, 5.74) is 2.12. The number of carbonyl (C=O) groups excluding carboxylic acids is 1. The largest absolute Gasteiger partial charge is 0.329 e. The third kappa shape index (κ3) is 1.57. The van der Waals surface area contributed by atoms with E-state index in [9.17, 15) is 4.79 Å². The highest BCUT2D eigenvalue weighted by Crippen LogP contribution is 2.29. The second-order valence-corrected chi connectivity index (χ2v) is 5.05. The first-order valence-corrected chi connectivity index (χ1v) is 5.28. The zero-order chi connectivity index (χ0) is 11.9. The molecule has 3 heteroatoms. The molecule has 1 aromatic rings. The van der Waals surface area contributed by atoms with Crippen molar-refractivity contribution < 1.29 is 4.79 Å². The summed E-state index contributed by atoms with van der Waals surface area (Å²) in [5.74, 6) is 0.0620. The third-order valence-electron chi connectivity index (χ3n) is 2.85. The van der Waals surface area contributed by atoms with Crippen molar-refractivity contribution in [3.63, 3.8) is 0 Å². The average molecular weight is 214 g/mol. The molecule has 0 radical (unpaired) electrons. The Kier molecular flexibility index (Phi) is 2.23. The molecule has 1 aliphatic heterocycles. The molecule has 0 spiro atoms. The predicted octanol–water partition coefficient (Wildman–Crippen LogP) is 2.31. The molecule has 0 saturated carbocycles. The molecular weight excluding hydrogens is 200 g/mol. The molecule has 82 valence electrons. The Morgan fingerprint density at radius 2 is 2.06 bits per heavy atom. The van der Waals surface area contributed by atoms with Crippen molar-refractivity contribution in [2.24, 2.45) is 0 Å². The van der Waals surface area contributed by atoms with E-state index in [-0.39, 0.29) is 11.4 Å². The van der Waals surface area contributed by atoms with Crippen LogP contribution in [0.1, 0.15) is 42.3 Å². The van der Waals surface area contributed by atoms with Crippen LogP contribution in [0.25, 0.3) is 0 Å². The summed E-state index contributed by atoms with van der Waals surface area (Å²) >= 11 is 0. The van der Waals surface area contributed by atoms with Crippen molar-refractivity contribution in [3.05, 3.63) is 34.9 Å². The van der Waals surface area contributed by atoms with Crippen LogP contribution in [0.5, 0.6) is 0 Å². The molecule has 0 unspecified atom stereocenters. The first-order valence-electron chi connectivity index (χ1n) is 5.28. The van der Waals surface area contributed by atoms with Gasteiger partial charge in [-0.15, -0.1) is 0 Å². The fourth-order valence-corrected chi connectivity index (χ4v) is 1.93. The topological polar surface area (TPSA) is 44.1 Å². The number of nitrogens with zero attached hydrogens (tertiary/aromatic N) is 2. The quantitative estimate of drug-likeness (QED) is 0.665. The van der Waals surface area contributed by atoms with Gasteiger partial charge in [0.05, 0.1) is 11.6 Å². The first kappa shape index (κ1) is 10.7. The molecule has 0 bridgehead atoms. The molecule has 0 aliphatic carbocycles. The Morgan fingerprint density at radius 1 is 1.38 bits per heavy atom. The molecule has 0 saturated heterocycles. The van der Waals surface area contributed by atoms with Gasteiger partial charge in [0.15, 0.2) is 0 Å². The van der Waals surface area contributed by atoms with E-state index in [4.69, 9.17) is 5.26 Å². The van der Waals surface area contributed by atoms with Crippen LogP contribution in [0.2, 0.25) is 0 Å². The van der Waals surface area contributed by atoms with Crippen molar-refractivity contribution in [2.75, 3.05) is 0 Å². The maximum atomic E-state index is 12.1. The molecule has 0 N–H and O–H groups in total. The van der Waals surface area contributed by atoms with Gasteiger partial charge in [-0.05, 0) is 44.5 Å². The van der Waals surface area contributed by atoms with E-state index in [0.717, 1.165) is 11.1 Å². The molecular formula is C13H14N2O. The van der Waals surface area contributed by atoms with E-state index >= 15 is 0 Å². The van der Waals surface area contributed by atoms with Gasteiger partial charge in [0.25, 0.3) is 5.91 Å². The lowest BCUT2D eigenvalue weighted by Crippen LogP contribution is -2.41. The van der Waals surface area contributed by atoms with Crippen molar-refractivity contribution in [3.8, 4) is 6.07 Å². The number of benzene rings is 1. The van der Waals surface area contributed by atoms with Crippen LogP contribution >= 0.6 is 0 Å². The van der Waals surface area contributed by atoms with Crippen molar-refractivity contribution in [1.29, 1.82) is 5.26 Å². The molecule has 1 amide bonds. The fourth-order valence-electron chi connectivity index (χ4n) is 1.93. The summed E-state index contributed by atoms with van der Waals surface area (Å²) in [6, 6.07) is 7.35. The fraction of sp³-hybridized carbons (Fsp3) is 0.385. The number of rotatable bonds is 0. The van der Waals surface area contributed by atoms with Gasteiger partial charge in [-0.25, -0.2) is 0 Å². The summed E-state index contributed by atoms with van der Waals surface area (Å²) in [4.78, 5) is 13.9. The zero-order valence-corrected chi connectivity index (χ0v) is 9.74. The highest BCUT2D eigenvalue weighted by atomic mass is 16.2. The number of amides is 1. The molecule has 1 heterocycles. The standard InChI is InChI=1S/C13H14N2O/c1-13(2,3)15-8-10-6-9(7-14)4-5-11(10)12(15)16/h4-6H,8H2,1-3H3. The monoisotopic (exact) mass is 214 g/mol. The summed E-state index contributed by atoms with van der Waals surface area (Å²) in [6.07, 6.45) is 0. The molecule has 1 aromatic carbocycles. The minimum Gasteiger partial charge on any atom is -0.329 e. The minimum atomic E-state index is -0.178. The number of hydrogen-bond donors (Lipinski definition) is 0. The molecule has 3 nitrogen and oxygen atoms in total. The zero-order valence-electron chi connectivity index (χ0n) is 9.74. The van der Waals surface area contributed by atoms with Gasteiger partial charge in [0.2, 0.25) is 0 Å². The second kappa shape index (κ2) is 3.34. The van der Waals surface area contributed by atoms with Crippen LogP contribution in [0.15, 0.2) is 18.2 Å². The second-order valence-electron chi connectivity index (χ2n) is 5.05. The number of carbonyl (C=O) groups is 1. The highest BCUT2D eigenvalue weighted by molar-refractivity contribution is 5.98. The van der Waals surface area contributed by atoms with Gasteiger partial charge in [-0.3, -0.25) is 4.79 Å². The smallest absolute Gasteiger partial charge is 0.254 e. The lowest BCUT2D eigenvalue weighted by Gasteiger charge is -2.31. The van der Waals surface area contributed by atoms with Crippen LogP contribution in [0.4, 0.5) is 0 Å². The van der Waals surface area contributed by atoms with Crippen LogP contribution in [-0.4, -0.2) is 16.3 Å². The Morgan fingerprint density at radius 3 is 2.62 bits per heavy atom. The average Bonchev–Trinajstić information content (AvgIpc) is 2.55. The van der Waals surface area contributed by atoms with Gasteiger partial charge in [0.1, 0.15) is 0 Å². The number of fused-ring (bicyclic) bond motifs is 1. The van der Waals surface area contributed by atoms with Gasteiger partial charge in [-0.2, -0.15) is 5.26 Å². The SMILES string of the molecule is CC(C)(C)N1Cc2cc(C#N)ccc2C1=O. The summed E-state index contributed by atoms with van der Waals surface area (Å²) < 4.78 is 0. The number of nitriles is 1. The van der Waals surface area contributed by atoms with E-state index in [0.29, 0.717) is 12.1 Å². The van der Waals surface area contributed by atoms with E-state index in [1.165, 1.54) is 0 Å². The summed E-state index contributed by atoms with van der Waals surface area (Å²) in [7, 11) is 0. The molecule has 0 fully saturated rings. The van der Waals surface area contributed by atoms with E-state index in [1.807, 2.05) is 25.7 Å². The lowest BCUT2D eigenvalue weighted by atomic mass is 10.1. The maximum absolute atomic E-state index is 12.1. The van der Waals surface area contributed by atoms with Crippen molar-refractivity contribution in [1.82, 2.24) is 4.90 Å². The van der Waals surface area contributed by atoms with Gasteiger partial charge in [-0.1, -0.05) is 0 Å². The van der Waals surface area contributed by atoms with Crippen LogP contribution in [-0.2, 0) is 6.54 Å². The Balaban J connectivity index is 2.43. The Bertz CT molecular complexity index is 492. The van der Waals surface area contributed by atoms with Crippen molar-refractivity contribution in [2.45, 2.75) is 32.9 Å². The van der Waals surface area contributed by atoms with Gasteiger partial charge >= 0.3 is 0 Å². The molecule has 2 rings (SSSR count). The molecule has 0 aromatic heterocycles. The van der Waals surface area contributed by atoms with Crippen LogP contribution in [0.3, 0.4) is 0 Å². The van der Waals surface area contributed by atoms with Gasteiger partial charge < -0.3 is 4.90 Å². The van der Waals surface area contributed by atoms with E-state index in [2.05, 4.69) is 6.07 Å². The van der Waals surface area contributed by atoms with Crippen LogP contribution in [0, 0.1) is 11.3 Å². The molecule has 0 atom stereocenters. The van der Waals surface area contributed by atoms with E-state index in [1.54, 1.807) is 18.2 Å². The first-order chi connectivity index (χ1) is 7.43. The van der Waals surface area contributed by atoms with Crippen LogP contribution < -0.4 is 0 Å². The maximum Gasteiger partial charge on any atom is 0.254 e. The molecule has 1 aliphatic rings. The molecule has 16 heavy (non-hydrogen) atoms. The Labute approximate surface area is 95.3 Å². The highest BCUT2D eigenvalue weighted by Gasteiger charge is 2.34. The van der Waals surface area contributed by atoms with Crippen molar-refractivity contribution >= 4 is 5.91 Å². The Hall–Kier alpha value is -1.82. The normalized spacial score (nSPS) is 14.9.